The van der Waals surface area contributed by atoms with Gasteiger partial charge in [-0.25, -0.2) is 9.36 Å². The zero-order chi connectivity index (χ0) is 20.9. The number of amides is 1. The summed E-state index contributed by atoms with van der Waals surface area (Å²) in [4.78, 5) is 24.6. The highest BCUT2D eigenvalue weighted by Crippen LogP contribution is 2.18. The number of hydrogen-bond acceptors (Lipinski definition) is 5. The highest BCUT2D eigenvalue weighted by Gasteiger charge is 2.11. The molecule has 3 aromatic carbocycles. The summed E-state index contributed by atoms with van der Waals surface area (Å²) in [6.45, 7) is 0.130. The average molecular weight is 401 g/mol. The molecule has 0 bridgehead atoms. The number of benzene rings is 3. The normalized spacial score (nSPS) is 10.5. The fraction of sp³-hybridized carbons (Fsp3) is 0.0435. The van der Waals surface area contributed by atoms with Crippen molar-refractivity contribution in [2.24, 2.45) is 0 Å². The number of anilines is 2. The summed E-state index contributed by atoms with van der Waals surface area (Å²) in [7, 11) is 0. The molecule has 0 aliphatic rings. The quantitative estimate of drug-likeness (QED) is 0.478. The number of oxazole rings is 1. The van der Waals surface area contributed by atoms with Crippen molar-refractivity contribution in [3.63, 3.8) is 0 Å². The van der Waals surface area contributed by atoms with E-state index in [2.05, 4.69) is 5.32 Å². The lowest BCUT2D eigenvalue weighted by Crippen LogP contribution is -2.14. The van der Waals surface area contributed by atoms with Crippen LogP contribution >= 0.6 is 0 Å². The molecule has 0 radical (unpaired) electrons. The van der Waals surface area contributed by atoms with E-state index < -0.39 is 5.76 Å². The van der Waals surface area contributed by atoms with Crippen molar-refractivity contribution in [2.75, 3.05) is 11.1 Å². The molecule has 3 N–H and O–H groups in total. The summed E-state index contributed by atoms with van der Waals surface area (Å²) in [6, 6.07) is 22.9. The number of rotatable bonds is 6. The van der Waals surface area contributed by atoms with E-state index >= 15 is 0 Å². The smallest absolute Gasteiger partial charge is 0.423 e. The first kappa shape index (κ1) is 19.1. The first-order valence-corrected chi connectivity index (χ1v) is 9.26. The Kier molecular flexibility index (Phi) is 5.34. The molecule has 0 aliphatic carbocycles. The maximum atomic E-state index is 12.4. The third-order valence-electron chi connectivity index (χ3n) is 4.43. The van der Waals surface area contributed by atoms with Crippen LogP contribution in [0.1, 0.15) is 16.1 Å². The van der Waals surface area contributed by atoms with E-state index in [-0.39, 0.29) is 12.5 Å². The second kappa shape index (κ2) is 8.40. The molecule has 150 valence electrons. The first-order valence-electron chi connectivity index (χ1n) is 9.26. The van der Waals surface area contributed by atoms with E-state index in [0.29, 0.717) is 34.1 Å². The Labute approximate surface area is 172 Å². The second-order valence-corrected chi connectivity index (χ2v) is 6.52. The maximum absolute atomic E-state index is 12.4. The summed E-state index contributed by atoms with van der Waals surface area (Å²) in [5, 5.41) is 2.77. The van der Waals surface area contributed by atoms with Crippen LogP contribution in [-0.4, -0.2) is 10.5 Å². The number of nitrogen functional groups attached to an aromatic ring is 1. The number of nitrogens with one attached hydrogen (secondary N) is 1. The third kappa shape index (κ3) is 4.25. The SMILES string of the molecule is Nc1ccccc1NC(=O)c1ccc(-n2cc(COc3ccccc3)oc2=O)cc1. The second-order valence-electron chi connectivity index (χ2n) is 6.52. The van der Waals surface area contributed by atoms with Gasteiger partial charge in [-0.3, -0.25) is 4.79 Å². The molecule has 0 unspecified atom stereocenters. The molecule has 7 heteroatoms. The topological polar surface area (TPSA) is 99.5 Å². The molecule has 0 aliphatic heterocycles. The number of carbonyl (C=O) groups is 1. The van der Waals surface area contributed by atoms with Crippen molar-refractivity contribution >= 4 is 17.3 Å². The van der Waals surface area contributed by atoms with Crippen LogP contribution in [0.5, 0.6) is 5.75 Å². The van der Waals surface area contributed by atoms with Crippen LogP contribution in [0.2, 0.25) is 0 Å². The maximum Gasteiger partial charge on any atom is 0.423 e. The van der Waals surface area contributed by atoms with Gasteiger partial charge in [-0.05, 0) is 48.5 Å². The Balaban J connectivity index is 1.46. The van der Waals surface area contributed by atoms with Gasteiger partial charge in [0.25, 0.3) is 5.91 Å². The molecule has 0 saturated heterocycles. The molecule has 0 atom stereocenters. The minimum absolute atomic E-state index is 0.130. The van der Waals surface area contributed by atoms with Crippen LogP contribution in [0.3, 0.4) is 0 Å². The number of para-hydroxylation sites is 3. The average Bonchev–Trinajstić information content (AvgIpc) is 3.15. The fourth-order valence-electron chi connectivity index (χ4n) is 2.88. The van der Waals surface area contributed by atoms with Crippen LogP contribution in [0.4, 0.5) is 11.4 Å². The number of nitrogens with two attached hydrogens (primary N) is 1. The Morgan fingerprint density at radius 1 is 0.967 bits per heavy atom. The largest absolute Gasteiger partial charge is 0.486 e. The number of carbonyl (C=O) groups excluding carboxylic acids is 1. The van der Waals surface area contributed by atoms with Gasteiger partial charge < -0.3 is 20.2 Å². The van der Waals surface area contributed by atoms with E-state index in [9.17, 15) is 9.59 Å². The van der Waals surface area contributed by atoms with E-state index in [1.54, 1.807) is 54.7 Å². The van der Waals surface area contributed by atoms with E-state index in [4.69, 9.17) is 14.9 Å². The molecular formula is C23H19N3O4. The Morgan fingerprint density at radius 3 is 2.40 bits per heavy atom. The molecule has 30 heavy (non-hydrogen) atoms. The van der Waals surface area contributed by atoms with Crippen molar-refractivity contribution in [1.82, 2.24) is 4.57 Å². The third-order valence-corrected chi connectivity index (χ3v) is 4.43. The minimum atomic E-state index is -0.532. The zero-order valence-corrected chi connectivity index (χ0v) is 15.9. The molecule has 4 aromatic rings. The summed E-state index contributed by atoms with van der Waals surface area (Å²) < 4.78 is 12.2. The predicted molar refractivity (Wildman–Crippen MR) is 114 cm³/mol. The highest BCUT2D eigenvalue weighted by molar-refractivity contribution is 6.05. The van der Waals surface area contributed by atoms with Gasteiger partial charge >= 0.3 is 5.76 Å². The standard InChI is InChI=1S/C23H19N3O4/c24-20-8-4-5-9-21(20)25-22(27)16-10-12-17(13-11-16)26-14-19(30-23(26)28)15-29-18-6-2-1-3-7-18/h1-14H,15,24H2,(H,25,27). The monoisotopic (exact) mass is 401 g/mol. The van der Waals surface area contributed by atoms with Gasteiger partial charge in [-0.15, -0.1) is 0 Å². The molecular weight excluding hydrogens is 382 g/mol. The summed E-state index contributed by atoms with van der Waals surface area (Å²) >= 11 is 0. The van der Waals surface area contributed by atoms with Crippen LogP contribution in [0.15, 0.2) is 94.3 Å². The highest BCUT2D eigenvalue weighted by atomic mass is 16.5. The van der Waals surface area contributed by atoms with Gasteiger partial charge in [-0.1, -0.05) is 30.3 Å². The van der Waals surface area contributed by atoms with Gasteiger partial charge in [0.15, 0.2) is 5.76 Å². The van der Waals surface area contributed by atoms with Crippen LogP contribution in [0.25, 0.3) is 5.69 Å². The van der Waals surface area contributed by atoms with Crippen molar-refractivity contribution in [2.45, 2.75) is 6.61 Å². The van der Waals surface area contributed by atoms with Crippen molar-refractivity contribution in [3.05, 3.63) is 107 Å². The zero-order valence-electron chi connectivity index (χ0n) is 15.9. The molecule has 0 saturated carbocycles. The number of aromatic nitrogens is 1. The van der Waals surface area contributed by atoms with Gasteiger partial charge in [0, 0.05) is 5.56 Å². The molecule has 4 rings (SSSR count). The molecule has 0 fully saturated rings. The Morgan fingerprint density at radius 2 is 1.67 bits per heavy atom. The molecule has 0 spiro atoms. The van der Waals surface area contributed by atoms with Crippen molar-refractivity contribution < 1.29 is 13.9 Å². The summed E-state index contributed by atoms with van der Waals surface area (Å²) in [5.41, 5.74) is 7.89. The lowest BCUT2D eigenvalue weighted by atomic mass is 10.2. The summed E-state index contributed by atoms with van der Waals surface area (Å²) in [5.74, 6) is 0.249. The van der Waals surface area contributed by atoms with E-state index in [0.717, 1.165) is 0 Å². The Bertz CT molecular complexity index is 1210. The van der Waals surface area contributed by atoms with Gasteiger partial charge in [0.1, 0.15) is 12.4 Å². The van der Waals surface area contributed by atoms with Gasteiger partial charge in [-0.2, -0.15) is 0 Å². The van der Waals surface area contributed by atoms with E-state index in [1.165, 1.54) is 4.57 Å². The summed E-state index contributed by atoms with van der Waals surface area (Å²) in [6.07, 6.45) is 1.57. The Hall–Kier alpha value is -4.26. The molecule has 1 amide bonds. The lowest BCUT2D eigenvalue weighted by Gasteiger charge is -2.08. The van der Waals surface area contributed by atoms with Gasteiger partial charge in [0.05, 0.1) is 23.3 Å². The predicted octanol–water partition coefficient (Wildman–Crippen LogP) is 3.84. The van der Waals surface area contributed by atoms with Crippen LogP contribution in [-0.2, 0) is 6.61 Å². The fourth-order valence-corrected chi connectivity index (χ4v) is 2.88. The number of ether oxygens (including phenoxy) is 1. The van der Waals surface area contributed by atoms with Crippen molar-refractivity contribution in [3.8, 4) is 11.4 Å². The molecule has 1 heterocycles. The van der Waals surface area contributed by atoms with Crippen LogP contribution < -0.4 is 21.5 Å². The molecule has 7 nitrogen and oxygen atoms in total. The number of hydrogen-bond donors (Lipinski definition) is 2. The molecule has 1 aromatic heterocycles. The van der Waals surface area contributed by atoms with Crippen LogP contribution in [0, 0.1) is 0 Å². The van der Waals surface area contributed by atoms with E-state index in [1.807, 2.05) is 30.3 Å². The lowest BCUT2D eigenvalue weighted by molar-refractivity contribution is 0.102. The first-order chi connectivity index (χ1) is 14.6. The number of nitrogens with zero attached hydrogens (tertiary/aromatic N) is 1. The van der Waals surface area contributed by atoms with Gasteiger partial charge in [0.2, 0.25) is 0 Å². The van der Waals surface area contributed by atoms with Crippen molar-refractivity contribution in [1.29, 1.82) is 0 Å². The minimum Gasteiger partial charge on any atom is -0.486 e.